The van der Waals surface area contributed by atoms with Gasteiger partial charge in [0.15, 0.2) is 0 Å². The van der Waals surface area contributed by atoms with Gasteiger partial charge in [0, 0.05) is 18.2 Å². The van der Waals surface area contributed by atoms with Crippen LogP contribution in [0, 0.1) is 0 Å². The molecule has 0 aliphatic rings. The van der Waals surface area contributed by atoms with Gasteiger partial charge >= 0.3 is 0 Å². The van der Waals surface area contributed by atoms with E-state index < -0.39 is 0 Å². The number of rotatable bonds is 7. The molecular formula is C16H22Cl2N4O. The van der Waals surface area contributed by atoms with Crippen molar-refractivity contribution in [2.24, 2.45) is 5.73 Å². The molecule has 2 rings (SSSR count). The first-order valence-electron chi connectivity index (χ1n) is 7.47. The molecule has 1 heterocycles. The van der Waals surface area contributed by atoms with Crippen molar-refractivity contribution in [3.63, 3.8) is 0 Å². The molecule has 0 saturated carbocycles. The number of aromatic nitrogens is 2. The van der Waals surface area contributed by atoms with E-state index in [0.717, 1.165) is 24.8 Å². The largest absolute Gasteiger partial charge is 0.347 e. The van der Waals surface area contributed by atoms with Crippen LogP contribution in [0.2, 0.25) is 5.02 Å². The summed E-state index contributed by atoms with van der Waals surface area (Å²) in [4.78, 5) is 12.2. The van der Waals surface area contributed by atoms with Crippen LogP contribution in [0.15, 0.2) is 30.3 Å². The van der Waals surface area contributed by atoms with Crippen LogP contribution in [0.5, 0.6) is 0 Å². The zero-order chi connectivity index (χ0) is 15.9. The Morgan fingerprint density at radius 3 is 2.83 bits per heavy atom. The Morgan fingerprint density at radius 2 is 2.17 bits per heavy atom. The first kappa shape index (κ1) is 19.5. The van der Waals surface area contributed by atoms with Crippen LogP contribution in [0.1, 0.15) is 36.7 Å². The van der Waals surface area contributed by atoms with Gasteiger partial charge in [-0.25, -0.2) is 0 Å². The molecule has 0 saturated heterocycles. The standard InChI is InChI=1S/C16H21ClN4O.ClH/c1-2-3-6-11(10-18)19-16(22)15-9-14(20-21-15)12-7-4-5-8-13(12)17;/h4-5,7-9,11H,2-3,6,10,18H2,1H3,(H,19,22)(H,20,21);1H. The minimum Gasteiger partial charge on any atom is -0.347 e. The number of hydrogen-bond donors (Lipinski definition) is 3. The third-order valence-corrected chi connectivity index (χ3v) is 3.83. The fourth-order valence-electron chi connectivity index (χ4n) is 2.21. The number of aromatic amines is 1. The van der Waals surface area contributed by atoms with Gasteiger partial charge < -0.3 is 11.1 Å². The van der Waals surface area contributed by atoms with Crippen LogP contribution in [-0.2, 0) is 0 Å². The average molecular weight is 357 g/mol. The molecule has 7 heteroatoms. The number of nitrogens with two attached hydrogens (primary N) is 1. The summed E-state index contributed by atoms with van der Waals surface area (Å²) < 4.78 is 0. The Hall–Kier alpha value is -1.56. The zero-order valence-corrected chi connectivity index (χ0v) is 14.6. The van der Waals surface area contributed by atoms with E-state index in [1.54, 1.807) is 12.1 Å². The van der Waals surface area contributed by atoms with E-state index in [4.69, 9.17) is 17.3 Å². The van der Waals surface area contributed by atoms with Gasteiger partial charge in [-0.1, -0.05) is 49.6 Å². The fourth-order valence-corrected chi connectivity index (χ4v) is 2.44. The number of carbonyl (C=O) groups excluding carboxylic acids is 1. The second-order valence-electron chi connectivity index (χ2n) is 5.20. The van der Waals surface area contributed by atoms with Crippen molar-refractivity contribution < 1.29 is 4.79 Å². The summed E-state index contributed by atoms with van der Waals surface area (Å²) in [7, 11) is 0. The van der Waals surface area contributed by atoms with Crippen LogP contribution in [0.4, 0.5) is 0 Å². The van der Waals surface area contributed by atoms with Gasteiger partial charge in [0.1, 0.15) is 5.69 Å². The van der Waals surface area contributed by atoms with Gasteiger partial charge in [-0.2, -0.15) is 5.10 Å². The highest BCUT2D eigenvalue weighted by Crippen LogP contribution is 2.26. The van der Waals surface area contributed by atoms with Crippen molar-refractivity contribution in [2.75, 3.05) is 6.54 Å². The Balaban J connectivity index is 0.00000264. The lowest BCUT2D eigenvalue weighted by Crippen LogP contribution is -2.40. The van der Waals surface area contributed by atoms with Crippen LogP contribution >= 0.6 is 24.0 Å². The molecule has 5 nitrogen and oxygen atoms in total. The van der Waals surface area contributed by atoms with Crippen molar-refractivity contribution in [2.45, 2.75) is 32.2 Å². The van der Waals surface area contributed by atoms with Gasteiger partial charge in [-0.05, 0) is 18.6 Å². The lowest BCUT2D eigenvalue weighted by Gasteiger charge is -2.15. The maximum absolute atomic E-state index is 12.2. The first-order chi connectivity index (χ1) is 10.7. The highest BCUT2D eigenvalue weighted by molar-refractivity contribution is 6.33. The summed E-state index contributed by atoms with van der Waals surface area (Å²) >= 11 is 6.14. The molecule has 1 aromatic carbocycles. The molecule has 0 spiro atoms. The smallest absolute Gasteiger partial charge is 0.269 e. The second-order valence-corrected chi connectivity index (χ2v) is 5.60. The fraction of sp³-hybridized carbons (Fsp3) is 0.375. The summed E-state index contributed by atoms with van der Waals surface area (Å²) in [5.41, 5.74) is 7.54. The van der Waals surface area contributed by atoms with E-state index in [2.05, 4.69) is 22.4 Å². The maximum Gasteiger partial charge on any atom is 0.269 e. The highest BCUT2D eigenvalue weighted by atomic mass is 35.5. The van der Waals surface area contributed by atoms with Crippen molar-refractivity contribution in [1.82, 2.24) is 15.5 Å². The van der Waals surface area contributed by atoms with E-state index in [1.165, 1.54) is 0 Å². The number of H-pyrrole nitrogens is 1. The third-order valence-electron chi connectivity index (χ3n) is 3.50. The number of halogens is 2. The van der Waals surface area contributed by atoms with Crippen molar-refractivity contribution in [3.8, 4) is 11.3 Å². The summed E-state index contributed by atoms with van der Waals surface area (Å²) in [6, 6.07) is 9.07. The number of nitrogens with one attached hydrogen (secondary N) is 2. The predicted molar refractivity (Wildman–Crippen MR) is 96.1 cm³/mol. The topological polar surface area (TPSA) is 83.8 Å². The summed E-state index contributed by atoms with van der Waals surface area (Å²) in [6.45, 7) is 2.54. The van der Waals surface area contributed by atoms with E-state index >= 15 is 0 Å². The van der Waals surface area contributed by atoms with E-state index in [1.807, 2.05) is 18.2 Å². The molecule has 2 aromatic rings. The minimum atomic E-state index is -0.197. The molecule has 0 fully saturated rings. The number of amides is 1. The number of carbonyl (C=O) groups is 1. The molecule has 0 bridgehead atoms. The Labute approximate surface area is 147 Å². The molecule has 126 valence electrons. The number of unbranched alkanes of at least 4 members (excludes halogenated alkanes) is 1. The van der Waals surface area contributed by atoms with E-state index in [9.17, 15) is 4.79 Å². The molecule has 4 N–H and O–H groups in total. The van der Waals surface area contributed by atoms with Gasteiger partial charge in [0.05, 0.1) is 10.7 Å². The predicted octanol–water partition coefficient (Wildman–Crippen LogP) is 3.40. The molecule has 1 amide bonds. The lowest BCUT2D eigenvalue weighted by molar-refractivity contribution is 0.0930. The molecule has 0 aliphatic carbocycles. The minimum absolute atomic E-state index is 0. The van der Waals surface area contributed by atoms with Crippen LogP contribution < -0.4 is 11.1 Å². The number of hydrogen-bond acceptors (Lipinski definition) is 3. The summed E-state index contributed by atoms with van der Waals surface area (Å²) in [5, 5.41) is 10.4. The van der Waals surface area contributed by atoms with Crippen molar-refractivity contribution in [1.29, 1.82) is 0 Å². The van der Waals surface area contributed by atoms with Gasteiger partial charge in [0.25, 0.3) is 5.91 Å². The number of nitrogens with zero attached hydrogens (tertiary/aromatic N) is 1. The normalized spacial score (nSPS) is 11.6. The number of benzene rings is 1. The zero-order valence-electron chi connectivity index (χ0n) is 13.0. The second kappa shape index (κ2) is 9.55. The molecule has 0 aliphatic heterocycles. The quantitative estimate of drug-likeness (QED) is 0.710. The molecule has 1 atom stereocenters. The SMILES string of the molecule is CCCCC(CN)NC(=O)c1cc(-c2ccccc2Cl)n[nH]1.Cl. The molecule has 1 aromatic heterocycles. The summed E-state index contributed by atoms with van der Waals surface area (Å²) in [6.07, 6.45) is 2.99. The Bertz CT molecular complexity index is 630. The molecule has 1 unspecified atom stereocenters. The Kier molecular flexibility index (Phi) is 8.09. The molecule has 23 heavy (non-hydrogen) atoms. The van der Waals surface area contributed by atoms with Crippen molar-refractivity contribution >= 4 is 29.9 Å². The van der Waals surface area contributed by atoms with E-state index in [0.29, 0.717) is 23.0 Å². The monoisotopic (exact) mass is 356 g/mol. The van der Waals surface area contributed by atoms with Gasteiger partial charge in [0.2, 0.25) is 0 Å². The first-order valence-corrected chi connectivity index (χ1v) is 7.84. The molecular weight excluding hydrogens is 335 g/mol. The maximum atomic E-state index is 12.2. The van der Waals surface area contributed by atoms with E-state index in [-0.39, 0.29) is 24.4 Å². The van der Waals surface area contributed by atoms with Crippen molar-refractivity contribution in [3.05, 3.63) is 41.0 Å². The summed E-state index contributed by atoms with van der Waals surface area (Å²) in [5.74, 6) is -0.197. The lowest BCUT2D eigenvalue weighted by atomic mass is 10.1. The molecule has 0 radical (unpaired) electrons. The van der Waals surface area contributed by atoms with Gasteiger partial charge in [-0.3, -0.25) is 9.89 Å². The Morgan fingerprint density at radius 1 is 1.43 bits per heavy atom. The van der Waals surface area contributed by atoms with Crippen LogP contribution in [0.3, 0.4) is 0 Å². The van der Waals surface area contributed by atoms with Crippen LogP contribution in [0.25, 0.3) is 11.3 Å². The van der Waals surface area contributed by atoms with Gasteiger partial charge in [-0.15, -0.1) is 12.4 Å². The third kappa shape index (κ3) is 5.23. The average Bonchev–Trinajstić information content (AvgIpc) is 3.01. The van der Waals surface area contributed by atoms with Crippen LogP contribution in [-0.4, -0.2) is 28.7 Å². The highest BCUT2D eigenvalue weighted by Gasteiger charge is 2.15.